The lowest BCUT2D eigenvalue weighted by atomic mass is 9.86. The van der Waals surface area contributed by atoms with Gasteiger partial charge in [-0.1, -0.05) is 194 Å². The van der Waals surface area contributed by atoms with Crippen molar-refractivity contribution < 1.29 is 4.74 Å². The van der Waals surface area contributed by atoms with Crippen LogP contribution in [0.2, 0.25) is 0 Å². The van der Waals surface area contributed by atoms with Gasteiger partial charge in [-0.3, -0.25) is 0 Å². The van der Waals surface area contributed by atoms with Crippen molar-refractivity contribution in [3.63, 3.8) is 0 Å². The number of ether oxygens (including phenoxy) is 1. The van der Waals surface area contributed by atoms with E-state index in [-0.39, 0.29) is 0 Å². The highest BCUT2D eigenvalue weighted by molar-refractivity contribution is 4.76. The van der Waals surface area contributed by atoms with E-state index in [0.29, 0.717) is 6.10 Å². The normalized spacial score (nSPS) is 15.5. The Bertz CT molecular complexity index is 383. The fourth-order valence-corrected chi connectivity index (χ4v) is 6.34. The minimum absolute atomic E-state index is 0.615. The smallest absolute Gasteiger partial charge is 0.0625 e. The second-order valence-electron chi connectivity index (χ2n) is 12.7. The molecule has 1 rings (SSSR count). The number of hydrogen-bond acceptors (Lipinski definition) is 1. The van der Waals surface area contributed by atoms with E-state index < -0.39 is 0 Å². The van der Waals surface area contributed by atoms with Crippen molar-refractivity contribution >= 4 is 0 Å². The van der Waals surface area contributed by atoms with E-state index in [1.807, 2.05) is 0 Å². The van der Waals surface area contributed by atoms with Crippen LogP contribution in [0.5, 0.6) is 0 Å². The molecule has 0 spiro atoms. The maximum atomic E-state index is 5.93. The van der Waals surface area contributed by atoms with E-state index in [9.17, 15) is 0 Å². The summed E-state index contributed by atoms with van der Waals surface area (Å²) in [6, 6.07) is 0. The van der Waals surface area contributed by atoms with Crippen molar-refractivity contribution in [3.05, 3.63) is 0 Å². The Morgan fingerprint density at radius 3 is 0.865 bits per heavy atom. The summed E-state index contributed by atoms with van der Waals surface area (Å²) < 4.78 is 5.93. The molecule has 1 nitrogen and oxygen atoms in total. The molecule has 37 heavy (non-hydrogen) atoms. The molecular formula is C36H72O. The largest absolute Gasteiger partial charge is 0.378 e. The van der Waals surface area contributed by atoms with E-state index in [1.165, 1.54) is 199 Å². The molecular weight excluding hydrogens is 448 g/mol. The Labute approximate surface area is 236 Å². The Morgan fingerprint density at radius 2 is 0.649 bits per heavy atom. The zero-order chi connectivity index (χ0) is 26.5. The van der Waals surface area contributed by atoms with Crippen LogP contribution < -0.4 is 0 Å². The molecule has 1 fully saturated rings. The second-order valence-corrected chi connectivity index (χ2v) is 12.7. The van der Waals surface area contributed by atoms with Gasteiger partial charge in [-0.05, 0) is 25.2 Å². The number of unbranched alkanes of at least 4 members (excludes halogenated alkanes) is 26. The van der Waals surface area contributed by atoms with Gasteiger partial charge in [0, 0.05) is 6.61 Å². The topological polar surface area (TPSA) is 9.23 Å². The van der Waals surface area contributed by atoms with Crippen LogP contribution >= 0.6 is 0 Å². The molecule has 0 amide bonds. The lowest BCUT2D eigenvalue weighted by Gasteiger charge is -2.34. The molecule has 222 valence electrons. The van der Waals surface area contributed by atoms with Crippen molar-refractivity contribution in [2.45, 2.75) is 219 Å². The van der Waals surface area contributed by atoms with Gasteiger partial charge in [-0.2, -0.15) is 0 Å². The summed E-state index contributed by atoms with van der Waals surface area (Å²) in [7, 11) is 0. The molecule has 1 saturated heterocycles. The minimum atomic E-state index is 0.615. The molecule has 1 atom stereocenters. The summed E-state index contributed by atoms with van der Waals surface area (Å²) in [5.74, 6) is 0.864. The van der Waals surface area contributed by atoms with Crippen LogP contribution in [-0.2, 0) is 4.74 Å². The third-order valence-electron chi connectivity index (χ3n) is 9.12. The predicted octanol–water partition coefficient (Wildman–Crippen LogP) is 13.1. The van der Waals surface area contributed by atoms with Gasteiger partial charge in [0.15, 0.2) is 0 Å². The third-order valence-corrected chi connectivity index (χ3v) is 9.12. The molecule has 0 aromatic carbocycles. The van der Waals surface area contributed by atoms with Gasteiger partial charge in [-0.25, -0.2) is 0 Å². The summed E-state index contributed by atoms with van der Waals surface area (Å²) in [5, 5.41) is 0. The first-order valence-corrected chi connectivity index (χ1v) is 18.0. The fourth-order valence-electron chi connectivity index (χ4n) is 6.34. The Kier molecular flexibility index (Phi) is 27.4. The van der Waals surface area contributed by atoms with Gasteiger partial charge < -0.3 is 4.74 Å². The zero-order valence-corrected chi connectivity index (χ0v) is 26.2. The highest BCUT2D eigenvalue weighted by Crippen LogP contribution is 2.30. The van der Waals surface area contributed by atoms with Crippen molar-refractivity contribution in [1.82, 2.24) is 0 Å². The van der Waals surface area contributed by atoms with Crippen molar-refractivity contribution in [3.8, 4) is 0 Å². The zero-order valence-electron chi connectivity index (χ0n) is 26.2. The second kappa shape index (κ2) is 29.0. The first-order chi connectivity index (χ1) is 18.4. The van der Waals surface area contributed by atoms with Crippen LogP contribution in [0, 0.1) is 5.92 Å². The molecule has 0 bridgehead atoms. The Morgan fingerprint density at radius 1 is 0.405 bits per heavy atom. The molecule has 0 aliphatic carbocycles. The van der Waals surface area contributed by atoms with E-state index in [1.54, 1.807) is 0 Å². The van der Waals surface area contributed by atoms with E-state index in [0.717, 1.165) is 12.5 Å². The summed E-state index contributed by atoms with van der Waals surface area (Å²) in [5.41, 5.74) is 0. The maximum absolute atomic E-state index is 5.93. The molecule has 1 aliphatic rings. The fraction of sp³-hybridized carbons (Fsp3) is 1.00. The van der Waals surface area contributed by atoms with Crippen LogP contribution in [0.25, 0.3) is 0 Å². The molecule has 0 saturated carbocycles. The van der Waals surface area contributed by atoms with E-state index >= 15 is 0 Å². The lowest BCUT2D eigenvalue weighted by molar-refractivity contribution is -0.0890. The van der Waals surface area contributed by atoms with Gasteiger partial charge in [0.2, 0.25) is 0 Å². The first-order valence-electron chi connectivity index (χ1n) is 18.0. The van der Waals surface area contributed by atoms with Crippen LogP contribution in [-0.4, -0.2) is 12.7 Å². The number of rotatable bonds is 31. The quantitative estimate of drug-likeness (QED) is 0.0826. The average Bonchev–Trinajstić information content (AvgIpc) is 2.87. The molecule has 0 N–H and O–H groups in total. The van der Waals surface area contributed by atoms with Crippen molar-refractivity contribution in [1.29, 1.82) is 0 Å². The average molecular weight is 521 g/mol. The molecule has 1 heterocycles. The monoisotopic (exact) mass is 521 g/mol. The molecule has 0 radical (unpaired) electrons. The molecule has 0 aromatic heterocycles. The highest BCUT2D eigenvalue weighted by atomic mass is 16.5. The SMILES string of the molecule is CCCCCCCCCCCCCCCCC(CCCCCCCCCCCCCCCC)C1CCO1. The van der Waals surface area contributed by atoms with Crippen LogP contribution in [0.15, 0.2) is 0 Å². The van der Waals surface area contributed by atoms with Gasteiger partial charge in [0.05, 0.1) is 6.10 Å². The summed E-state index contributed by atoms with van der Waals surface area (Å²) >= 11 is 0. The molecule has 1 unspecified atom stereocenters. The Hall–Kier alpha value is -0.0400. The lowest BCUT2D eigenvalue weighted by Crippen LogP contribution is -2.34. The van der Waals surface area contributed by atoms with Crippen molar-refractivity contribution in [2.24, 2.45) is 5.92 Å². The summed E-state index contributed by atoms with van der Waals surface area (Å²) in [4.78, 5) is 0. The third kappa shape index (κ3) is 23.6. The summed E-state index contributed by atoms with van der Waals surface area (Å²) in [6.07, 6.45) is 45.7. The minimum Gasteiger partial charge on any atom is -0.378 e. The summed E-state index contributed by atoms with van der Waals surface area (Å²) in [6.45, 7) is 5.64. The van der Waals surface area contributed by atoms with Gasteiger partial charge in [-0.15, -0.1) is 0 Å². The standard InChI is InChI=1S/C36H72O/c1-3-5-7-9-11-13-15-17-19-21-23-25-27-29-31-35(36-33-34-37-36)32-30-28-26-24-22-20-18-16-14-12-10-8-6-4-2/h35-36H,3-34H2,1-2H3. The van der Waals surface area contributed by atoms with Crippen molar-refractivity contribution in [2.75, 3.05) is 6.61 Å². The number of hydrogen-bond donors (Lipinski definition) is 0. The van der Waals surface area contributed by atoms with Gasteiger partial charge in [0.1, 0.15) is 0 Å². The molecule has 1 heteroatoms. The van der Waals surface area contributed by atoms with E-state index in [2.05, 4.69) is 13.8 Å². The first kappa shape index (κ1) is 35.0. The molecule has 0 aromatic rings. The van der Waals surface area contributed by atoms with Crippen LogP contribution in [0.4, 0.5) is 0 Å². The molecule has 1 aliphatic heterocycles. The van der Waals surface area contributed by atoms with Crippen LogP contribution in [0.3, 0.4) is 0 Å². The predicted molar refractivity (Wildman–Crippen MR) is 168 cm³/mol. The highest BCUT2D eigenvalue weighted by Gasteiger charge is 2.27. The van der Waals surface area contributed by atoms with Gasteiger partial charge >= 0.3 is 0 Å². The Balaban J connectivity index is 1.85. The van der Waals surface area contributed by atoms with Crippen LogP contribution in [0.1, 0.15) is 213 Å². The maximum Gasteiger partial charge on any atom is 0.0625 e. The van der Waals surface area contributed by atoms with Gasteiger partial charge in [0.25, 0.3) is 0 Å². The van der Waals surface area contributed by atoms with E-state index in [4.69, 9.17) is 4.74 Å².